The van der Waals surface area contributed by atoms with Crippen molar-refractivity contribution >= 4 is 17.5 Å². The summed E-state index contributed by atoms with van der Waals surface area (Å²) in [5, 5.41) is 7.34. The third kappa shape index (κ3) is 7.76. The quantitative estimate of drug-likeness (QED) is 0.427. The van der Waals surface area contributed by atoms with E-state index in [1.807, 2.05) is 12.1 Å². The van der Waals surface area contributed by atoms with E-state index >= 15 is 0 Å². The van der Waals surface area contributed by atoms with Crippen molar-refractivity contribution in [3.63, 3.8) is 0 Å². The summed E-state index contributed by atoms with van der Waals surface area (Å²) in [4.78, 5) is 15.2. The Morgan fingerprint density at radius 1 is 1.13 bits per heavy atom. The van der Waals surface area contributed by atoms with Gasteiger partial charge < -0.3 is 15.5 Å². The van der Waals surface area contributed by atoms with Gasteiger partial charge in [0.25, 0.3) is 5.91 Å². The maximum Gasteiger partial charge on any atom is 0.252 e. The topological polar surface area (TPSA) is 44.4 Å². The van der Waals surface area contributed by atoms with Crippen molar-refractivity contribution in [1.29, 1.82) is 0 Å². The van der Waals surface area contributed by atoms with Crippen molar-refractivity contribution in [3.8, 4) is 0 Å². The molecule has 0 spiro atoms. The van der Waals surface area contributed by atoms with E-state index in [0.29, 0.717) is 16.0 Å². The number of nitrogens with one attached hydrogen (secondary N) is 2. The lowest BCUT2D eigenvalue weighted by atomic mass is 9.62. The molecule has 0 aromatic heterocycles. The first kappa shape index (κ1) is 24.5. The molecule has 31 heavy (non-hydrogen) atoms. The first-order valence-electron chi connectivity index (χ1n) is 12.4. The summed E-state index contributed by atoms with van der Waals surface area (Å²) in [6.07, 6.45) is 13.7. The third-order valence-electron chi connectivity index (χ3n) is 7.29. The van der Waals surface area contributed by atoms with Gasteiger partial charge in [-0.3, -0.25) is 4.79 Å². The Hall–Kier alpha value is -1.10. The van der Waals surface area contributed by atoms with Gasteiger partial charge in [0.2, 0.25) is 0 Å². The standard InChI is InChI=1S/C26H42ClN3O/c1-30(2)17-4-3-15-28-16-7-10-21-11-12-24(27)23(18-21)25(31)29-20-26-13-5-8-22(19-26)9-6-14-26/h11-12,18,22,28H,3-10,13-17,19-20H2,1-2H3,(H,29,31). The van der Waals surface area contributed by atoms with Crippen molar-refractivity contribution in [3.05, 3.63) is 34.3 Å². The van der Waals surface area contributed by atoms with Gasteiger partial charge in [-0.1, -0.05) is 43.4 Å². The molecule has 0 unspecified atom stereocenters. The molecule has 5 heteroatoms. The Morgan fingerprint density at radius 2 is 1.87 bits per heavy atom. The fourth-order valence-electron chi connectivity index (χ4n) is 5.56. The number of hydrogen-bond donors (Lipinski definition) is 2. The number of rotatable bonds is 12. The van der Waals surface area contributed by atoms with E-state index in [2.05, 4.69) is 35.7 Å². The summed E-state index contributed by atoms with van der Waals surface area (Å²) in [5.74, 6) is 0.876. The second-order valence-electron chi connectivity index (χ2n) is 10.2. The lowest BCUT2D eigenvalue weighted by Crippen LogP contribution is -2.43. The van der Waals surface area contributed by atoms with E-state index < -0.39 is 0 Å². The van der Waals surface area contributed by atoms with E-state index in [-0.39, 0.29) is 5.91 Å². The van der Waals surface area contributed by atoms with E-state index in [1.165, 1.54) is 63.4 Å². The minimum Gasteiger partial charge on any atom is -0.351 e. The summed E-state index contributed by atoms with van der Waals surface area (Å²) >= 11 is 6.39. The van der Waals surface area contributed by atoms with Crippen LogP contribution in [0, 0.1) is 11.3 Å². The van der Waals surface area contributed by atoms with Crippen LogP contribution in [-0.2, 0) is 6.42 Å². The number of hydrogen-bond acceptors (Lipinski definition) is 3. The smallest absolute Gasteiger partial charge is 0.252 e. The molecule has 0 heterocycles. The van der Waals surface area contributed by atoms with Crippen LogP contribution in [-0.4, -0.2) is 51.1 Å². The summed E-state index contributed by atoms with van der Waals surface area (Å²) in [6.45, 7) is 4.04. The second kappa shape index (κ2) is 12.2. The van der Waals surface area contributed by atoms with E-state index in [1.54, 1.807) is 0 Å². The highest BCUT2D eigenvalue weighted by molar-refractivity contribution is 6.33. The van der Waals surface area contributed by atoms with Crippen LogP contribution in [0.15, 0.2) is 18.2 Å². The third-order valence-corrected chi connectivity index (χ3v) is 7.62. The minimum absolute atomic E-state index is 0.00654. The van der Waals surface area contributed by atoms with Gasteiger partial charge in [0, 0.05) is 6.54 Å². The fourth-order valence-corrected chi connectivity index (χ4v) is 5.76. The predicted molar refractivity (Wildman–Crippen MR) is 131 cm³/mol. The number of nitrogens with zero attached hydrogens (tertiary/aromatic N) is 1. The maximum atomic E-state index is 12.9. The van der Waals surface area contributed by atoms with Crippen LogP contribution >= 0.6 is 11.6 Å². The summed E-state index contributed by atoms with van der Waals surface area (Å²) in [7, 11) is 4.24. The molecule has 0 aliphatic heterocycles. The van der Waals surface area contributed by atoms with Crippen molar-refractivity contribution in [1.82, 2.24) is 15.5 Å². The number of halogens is 1. The molecule has 2 N–H and O–H groups in total. The van der Waals surface area contributed by atoms with E-state index in [9.17, 15) is 4.79 Å². The Balaban J connectivity index is 1.42. The molecule has 1 aromatic rings. The van der Waals surface area contributed by atoms with Crippen LogP contribution < -0.4 is 10.6 Å². The molecule has 0 atom stereocenters. The average Bonchev–Trinajstić information content (AvgIpc) is 2.75. The molecule has 3 rings (SSSR count). The number of carbonyl (C=O) groups is 1. The highest BCUT2D eigenvalue weighted by atomic mass is 35.5. The zero-order valence-corrected chi connectivity index (χ0v) is 20.4. The molecule has 0 saturated heterocycles. The van der Waals surface area contributed by atoms with Crippen LogP contribution in [0.3, 0.4) is 0 Å². The predicted octanol–water partition coefficient (Wildman–Crippen LogP) is 5.29. The number of benzene rings is 1. The van der Waals surface area contributed by atoms with Crippen molar-refractivity contribution in [2.24, 2.45) is 11.3 Å². The van der Waals surface area contributed by atoms with Crippen LogP contribution in [0.25, 0.3) is 0 Å². The average molecular weight is 448 g/mol. The highest BCUT2D eigenvalue weighted by Gasteiger charge is 2.39. The Bertz CT molecular complexity index is 696. The lowest BCUT2D eigenvalue weighted by Gasteiger charge is -2.45. The largest absolute Gasteiger partial charge is 0.351 e. The number of aryl methyl sites for hydroxylation is 1. The Kier molecular flexibility index (Phi) is 9.68. The van der Waals surface area contributed by atoms with Gasteiger partial charge in [0.1, 0.15) is 0 Å². The van der Waals surface area contributed by atoms with Gasteiger partial charge in [0.15, 0.2) is 0 Å². The van der Waals surface area contributed by atoms with Gasteiger partial charge in [0.05, 0.1) is 10.6 Å². The molecule has 1 amide bonds. The zero-order valence-electron chi connectivity index (χ0n) is 19.6. The van der Waals surface area contributed by atoms with E-state index in [0.717, 1.165) is 44.9 Å². The van der Waals surface area contributed by atoms with Crippen LogP contribution in [0.4, 0.5) is 0 Å². The minimum atomic E-state index is -0.00654. The summed E-state index contributed by atoms with van der Waals surface area (Å²) < 4.78 is 0. The second-order valence-corrected chi connectivity index (χ2v) is 10.6. The van der Waals surface area contributed by atoms with E-state index in [4.69, 9.17) is 11.6 Å². The molecule has 174 valence electrons. The van der Waals surface area contributed by atoms with Crippen molar-refractivity contribution < 1.29 is 4.79 Å². The maximum absolute atomic E-state index is 12.9. The first-order chi connectivity index (χ1) is 15.0. The fraction of sp³-hybridized carbons (Fsp3) is 0.731. The number of amides is 1. The van der Waals surface area contributed by atoms with Crippen LogP contribution in [0.2, 0.25) is 5.02 Å². The van der Waals surface area contributed by atoms with Gasteiger partial charge in [-0.15, -0.1) is 0 Å². The lowest BCUT2D eigenvalue weighted by molar-refractivity contribution is 0.0682. The molecule has 2 saturated carbocycles. The number of fused-ring (bicyclic) bond motifs is 2. The van der Waals surface area contributed by atoms with Gasteiger partial charge in [-0.05, 0) is 108 Å². The molecule has 4 nitrogen and oxygen atoms in total. The summed E-state index contributed by atoms with van der Waals surface area (Å²) in [5.41, 5.74) is 2.16. The molecule has 0 radical (unpaired) electrons. The molecule has 2 aliphatic rings. The van der Waals surface area contributed by atoms with Crippen LogP contribution in [0.1, 0.15) is 80.1 Å². The molecular weight excluding hydrogens is 406 g/mol. The summed E-state index contributed by atoms with van der Waals surface area (Å²) in [6, 6.07) is 5.94. The van der Waals surface area contributed by atoms with Crippen molar-refractivity contribution in [2.45, 2.75) is 70.6 Å². The van der Waals surface area contributed by atoms with Gasteiger partial charge >= 0.3 is 0 Å². The first-order valence-corrected chi connectivity index (χ1v) is 12.8. The monoisotopic (exact) mass is 447 g/mol. The molecule has 2 bridgehead atoms. The van der Waals surface area contributed by atoms with Gasteiger partial charge in [-0.25, -0.2) is 0 Å². The molecule has 2 fully saturated rings. The molecule has 1 aromatic carbocycles. The molecule has 2 aliphatic carbocycles. The van der Waals surface area contributed by atoms with Gasteiger partial charge in [-0.2, -0.15) is 0 Å². The SMILES string of the molecule is CN(C)CCCCNCCCc1ccc(Cl)c(C(=O)NCC23CCCC(CCC2)C3)c1. The normalized spacial score (nSPS) is 23.2. The highest BCUT2D eigenvalue weighted by Crippen LogP contribution is 2.48. The molecular formula is C26H42ClN3O. The Morgan fingerprint density at radius 3 is 2.61 bits per heavy atom. The van der Waals surface area contributed by atoms with Crippen LogP contribution in [0.5, 0.6) is 0 Å². The number of carbonyl (C=O) groups excluding carboxylic acids is 1. The Labute approximate surface area is 194 Å². The zero-order chi connectivity index (χ0) is 22.1. The van der Waals surface area contributed by atoms with Crippen molar-refractivity contribution in [2.75, 3.05) is 40.3 Å². The number of unbranched alkanes of at least 4 members (excludes halogenated alkanes) is 1.